The van der Waals surface area contributed by atoms with Crippen LogP contribution in [0.15, 0.2) is 0 Å². The fourth-order valence-electron chi connectivity index (χ4n) is 0.443. The zero-order valence-electron chi connectivity index (χ0n) is 6.32. The van der Waals surface area contributed by atoms with Crippen LogP contribution in [0.4, 0.5) is 0 Å². The van der Waals surface area contributed by atoms with E-state index < -0.39 is 10.1 Å². The maximum Gasteiger partial charge on any atom is 0.264 e. The Balaban J connectivity index is 3.16. The van der Waals surface area contributed by atoms with Crippen molar-refractivity contribution in [3.8, 4) is 0 Å². The molecule has 0 saturated carbocycles. The minimum absolute atomic E-state index is 0.121. The lowest BCUT2D eigenvalue weighted by Gasteiger charge is -1.96. The molecule has 6 heteroatoms. The summed E-state index contributed by atoms with van der Waals surface area (Å²) >= 11 is 0. The molecule has 3 nitrogen and oxygen atoms in total. The van der Waals surface area contributed by atoms with Crippen molar-refractivity contribution in [1.82, 2.24) is 0 Å². The lowest BCUT2D eigenvalue weighted by Crippen LogP contribution is -2.03. The molecule has 0 aromatic carbocycles. The van der Waals surface area contributed by atoms with Gasteiger partial charge in [-0.25, -0.2) is 0 Å². The van der Waals surface area contributed by atoms with Crippen LogP contribution in [0.1, 0.15) is 13.3 Å². The molecule has 0 saturated heterocycles. The third-order valence-corrected chi connectivity index (χ3v) is 4.20. The molecular formula is C5H12O3S3. The van der Waals surface area contributed by atoms with Crippen LogP contribution in [0.3, 0.4) is 0 Å². The molecule has 1 N–H and O–H groups in total. The van der Waals surface area contributed by atoms with Gasteiger partial charge in [0.15, 0.2) is 0 Å². The van der Waals surface area contributed by atoms with Crippen LogP contribution in [-0.4, -0.2) is 30.2 Å². The molecule has 0 rings (SSSR count). The zero-order valence-corrected chi connectivity index (χ0v) is 8.77. The fraction of sp³-hybridized carbons (Fsp3) is 1.00. The Hall–Kier alpha value is 0.610. The first-order chi connectivity index (χ1) is 5.06. The highest BCUT2D eigenvalue weighted by molar-refractivity contribution is 8.76. The smallest absolute Gasteiger partial charge is 0.264 e. The SMILES string of the molecule is CCSSCCCS(=O)(=O)O. The van der Waals surface area contributed by atoms with Gasteiger partial charge in [-0.1, -0.05) is 28.5 Å². The van der Waals surface area contributed by atoms with Gasteiger partial charge in [0.05, 0.1) is 5.75 Å². The van der Waals surface area contributed by atoms with Crippen LogP contribution >= 0.6 is 21.6 Å². The molecule has 0 heterocycles. The summed E-state index contributed by atoms with van der Waals surface area (Å²) in [5.41, 5.74) is 0. The predicted molar refractivity (Wildman–Crippen MR) is 51.6 cm³/mol. The van der Waals surface area contributed by atoms with E-state index in [1.807, 2.05) is 6.92 Å². The summed E-state index contributed by atoms with van der Waals surface area (Å²) < 4.78 is 28.7. The molecule has 11 heavy (non-hydrogen) atoms. The summed E-state index contributed by atoms with van der Waals surface area (Å²) in [6.07, 6.45) is 0.524. The molecule has 0 aromatic rings. The molecule has 0 radical (unpaired) electrons. The van der Waals surface area contributed by atoms with Gasteiger partial charge in [0.25, 0.3) is 10.1 Å². The summed E-state index contributed by atoms with van der Waals surface area (Å²) in [5, 5.41) is 0. The normalized spacial score (nSPS) is 11.8. The molecule has 0 fully saturated rings. The molecule has 68 valence electrons. The highest BCUT2D eigenvalue weighted by Gasteiger charge is 2.02. The largest absolute Gasteiger partial charge is 0.286 e. The van der Waals surface area contributed by atoms with Crippen molar-refractivity contribution < 1.29 is 13.0 Å². The van der Waals surface area contributed by atoms with Crippen molar-refractivity contribution in [3.05, 3.63) is 0 Å². The molecular weight excluding hydrogens is 204 g/mol. The van der Waals surface area contributed by atoms with Crippen molar-refractivity contribution in [1.29, 1.82) is 0 Å². The summed E-state index contributed by atoms with van der Waals surface area (Å²) in [4.78, 5) is 0. The van der Waals surface area contributed by atoms with Gasteiger partial charge in [0.2, 0.25) is 0 Å². The third kappa shape index (κ3) is 10.6. The Morgan fingerprint density at radius 3 is 2.45 bits per heavy atom. The summed E-state index contributed by atoms with van der Waals surface area (Å²) in [7, 11) is -0.400. The van der Waals surface area contributed by atoms with E-state index in [1.165, 1.54) is 0 Å². The van der Waals surface area contributed by atoms with Gasteiger partial charge in [-0.05, 0) is 6.42 Å². The van der Waals surface area contributed by atoms with E-state index in [-0.39, 0.29) is 5.75 Å². The van der Waals surface area contributed by atoms with Crippen molar-refractivity contribution in [2.75, 3.05) is 17.3 Å². The Morgan fingerprint density at radius 2 is 2.00 bits per heavy atom. The second kappa shape index (κ2) is 6.16. The molecule has 0 aliphatic heterocycles. The molecule has 0 atom stereocenters. The summed E-state index contributed by atoms with van der Waals surface area (Å²) in [6.45, 7) is 2.04. The van der Waals surface area contributed by atoms with Crippen LogP contribution < -0.4 is 0 Å². The Kier molecular flexibility index (Phi) is 6.50. The lowest BCUT2D eigenvalue weighted by molar-refractivity contribution is 0.482. The minimum atomic E-state index is -3.73. The third-order valence-electron chi connectivity index (χ3n) is 0.831. The van der Waals surface area contributed by atoms with Crippen molar-refractivity contribution in [3.63, 3.8) is 0 Å². The number of rotatable bonds is 6. The highest BCUT2D eigenvalue weighted by atomic mass is 33.1. The van der Waals surface area contributed by atoms with E-state index in [2.05, 4.69) is 0 Å². The zero-order chi connectivity index (χ0) is 8.74. The summed E-state index contributed by atoms with van der Waals surface area (Å²) in [5.74, 6) is 1.68. The maximum absolute atomic E-state index is 10.2. The molecule has 0 aliphatic carbocycles. The van der Waals surface area contributed by atoms with E-state index >= 15 is 0 Å². The molecule has 0 aromatic heterocycles. The van der Waals surface area contributed by atoms with Crippen LogP contribution in [-0.2, 0) is 10.1 Å². The fourth-order valence-corrected chi connectivity index (χ4v) is 2.89. The molecule has 0 amide bonds. The topological polar surface area (TPSA) is 54.4 Å². The molecule has 0 bridgehead atoms. The number of hydrogen-bond acceptors (Lipinski definition) is 4. The first-order valence-electron chi connectivity index (χ1n) is 3.26. The molecule has 0 unspecified atom stereocenters. The van der Waals surface area contributed by atoms with E-state index in [0.29, 0.717) is 6.42 Å². The van der Waals surface area contributed by atoms with Gasteiger partial charge < -0.3 is 0 Å². The predicted octanol–water partition coefficient (Wildman–Crippen LogP) is 1.67. The highest BCUT2D eigenvalue weighted by Crippen LogP contribution is 2.20. The van der Waals surface area contributed by atoms with E-state index in [1.54, 1.807) is 21.6 Å². The average molecular weight is 216 g/mol. The van der Waals surface area contributed by atoms with Crippen LogP contribution in [0.2, 0.25) is 0 Å². The van der Waals surface area contributed by atoms with Crippen molar-refractivity contribution in [2.45, 2.75) is 13.3 Å². The maximum atomic E-state index is 10.2. The van der Waals surface area contributed by atoms with Gasteiger partial charge in [-0.3, -0.25) is 4.55 Å². The van der Waals surface area contributed by atoms with Crippen LogP contribution in [0.5, 0.6) is 0 Å². The van der Waals surface area contributed by atoms with Gasteiger partial charge in [-0.2, -0.15) is 8.42 Å². The Labute approximate surface area is 75.5 Å². The Bertz CT molecular complexity index is 175. The second-order valence-electron chi connectivity index (χ2n) is 1.87. The average Bonchev–Trinajstić information content (AvgIpc) is 1.85. The summed E-state index contributed by atoms with van der Waals surface area (Å²) in [6, 6.07) is 0. The van der Waals surface area contributed by atoms with E-state index in [4.69, 9.17) is 4.55 Å². The van der Waals surface area contributed by atoms with Crippen LogP contribution in [0, 0.1) is 0 Å². The van der Waals surface area contributed by atoms with Crippen LogP contribution in [0.25, 0.3) is 0 Å². The lowest BCUT2D eigenvalue weighted by atomic mass is 10.6. The first-order valence-corrected chi connectivity index (χ1v) is 7.35. The first kappa shape index (κ1) is 11.6. The van der Waals surface area contributed by atoms with Gasteiger partial charge in [0, 0.05) is 11.5 Å². The standard InChI is InChI=1S/C5H12O3S3/c1-2-9-10-4-3-5-11(6,7)8/h2-5H2,1H3,(H,6,7,8). The van der Waals surface area contributed by atoms with Gasteiger partial charge in [-0.15, -0.1) is 0 Å². The van der Waals surface area contributed by atoms with Crippen molar-refractivity contribution in [2.24, 2.45) is 0 Å². The van der Waals surface area contributed by atoms with Gasteiger partial charge >= 0.3 is 0 Å². The monoisotopic (exact) mass is 216 g/mol. The van der Waals surface area contributed by atoms with Crippen molar-refractivity contribution >= 4 is 31.7 Å². The van der Waals surface area contributed by atoms with Gasteiger partial charge in [0.1, 0.15) is 0 Å². The molecule has 0 spiro atoms. The second-order valence-corrected chi connectivity index (χ2v) is 6.31. The molecule has 0 aliphatic rings. The minimum Gasteiger partial charge on any atom is -0.286 e. The van der Waals surface area contributed by atoms with E-state index in [9.17, 15) is 8.42 Å². The van der Waals surface area contributed by atoms with E-state index in [0.717, 1.165) is 11.5 Å². The number of hydrogen-bond donors (Lipinski definition) is 1. The quantitative estimate of drug-likeness (QED) is 0.416. The Morgan fingerprint density at radius 1 is 1.36 bits per heavy atom.